The Morgan fingerprint density at radius 3 is 2.04 bits per heavy atom. The molecule has 1 fully saturated rings. The second-order valence-electron chi connectivity index (χ2n) is 11.4. The van der Waals surface area contributed by atoms with E-state index >= 15 is 0 Å². The molecule has 1 N–H and O–H groups in total. The van der Waals surface area contributed by atoms with E-state index in [4.69, 9.17) is 27.9 Å². The van der Waals surface area contributed by atoms with Gasteiger partial charge in [0.25, 0.3) is 10.0 Å². The highest BCUT2D eigenvalue weighted by Crippen LogP contribution is 2.30. The number of hydrogen-bond acceptors (Lipinski definition) is 5. The molecule has 0 aromatic heterocycles. The van der Waals surface area contributed by atoms with Crippen LogP contribution in [0.4, 0.5) is 5.69 Å². The summed E-state index contributed by atoms with van der Waals surface area (Å²) in [5.41, 5.74) is 1.55. The second-order valence-corrected chi connectivity index (χ2v) is 14.1. The van der Waals surface area contributed by atoms with E-state index in [9.17, 15) is 18.0 Å². The van der Waals surface area contributed by atoms with Crippen LogP contribution in [0.3, 0.4) is 0 Å². The third-order valence-corrected chi connectivity index (χ3v) is 10.8. The Bertz CT molecular complexity index is 1750. The molecule has 4 aromatic rings. The van der Waals surface area contributed by atoms with Gasteiger partial charge in [0.15, 0.2) is 0 Å². The zero-order valence-corrected chi connectivity index (χ0v) is 28.3. The number of carbonyl (C=O) groups excluding carboxylic acids is 2. The van der Waals surface area contributed by atoms with Gasteiger partial charge in [-0.3, -0.25) is 13.9 Å². The Kier molecular flexibility index (Phi) is 11.4. The molecule has 0 unspecified atom stereocenters. The molecule has 5 rings (SSSR count). The number of nitrogens with one attached hydrogen (secondary N) is 1. The monoisotopic (exact) mass is 693 g/mol. The minimum absolute atomic E-state index is 0.00381. The first-order valence-corrected chi connectivity index (χ1v) is 17.7. The van der Waals surface area contributed by atoms with E-state index in [-0.39, 0.29) is 35.5 Å². The first kappa shape index (κ1) is 34.3. The lowest BCUT2D eigenvalue weighted by Gasteiger charge is -2.34. The maximum Gasteiger partial charge on any atom is 0.264 e. The second kappa shape index (κ2) is 15.7. The van der Waals surface area contributed by atoms with E-state index in [0.29, 0.717) is 21.4 Å². The summed E-state index contributed by atoms with van der Waals surface area (Å²) in [5.74, 6) is -0.392. The van der Waals surface area contributed by atoms with Crippen molar-refractivity contribution in [2.75, 3.05) is 18.0 Å². The number of nitrogens with zero attached hydrogens (tertiary/aromatic N) is 2. The number of sulfonamides is 1. The molecule has 0 spiro atoms. The van der Waals surface area contributed by atoms with E-state index in [2.05, 4.69) is 5.32 Å². The summed E-state index contributed by atoms with van der Waals surface area (Å²) < 4.78 is 34.6. The lowest BCUT2D eigenvalue weighted by atomic mass is 10.0. The van der Waals surface area contributed by atoms with Crippen LogP contribution in [0.1, 0.15) is 36.8 Å². The van der Waals surface area contributed by atoms with E-state index in [1.54, 1.807) is 60.7 Å². The van der Waals surface area contributed by atoms with Crippen molar-refractivity contribution in [1.82, 2.24) is 10.2 Å². The molecule has 2 amide bonds. The molecule has 0 aliphatic heterocycles. The zero-order chi connectivity index (χ0) is 33.4. The zero-order valence-electron chi connectivity index (χ0n) is 26.0. The van der Waals surface area contributed by atoms with E-state index in [1.807, 2.05) is 30.3 Å². The number of methoxy groups -OCH3 is 1. The molecule has 1 saturated carbocycles. The van der Waals surface area contributed by atoms with E-state index in [1.165, 1.54) is 24.1 Å². The lowest BCUT2D eigenvalue weighted by Crippen LogP contribution is -2.54. The SMILES string of the molecule is COc1ccc(N(CC(=O)N(Cc2c(Cl)cccc2Cl)[C@@H](Cc2ccccc2)C(=O)NC2CCCC2)S(=O)(=O)c2ccccc2)cc1. The van der Waals surface area contributed by atoms with Gasteiger partial charge >= 0.3 is 0 Å². The Morgan fingerprint density at radius 2 is 1.45 bits per heavy atom. The fraction of sp³-hybridized carbons (Fsp3) is 0.278. The smallest absolute Gasteiger partial charge is 0.264 e. The highest BCUT2D eigenvalue weighted by atomic mass is 35.5. The Hall–Kier alpha value is -4.05. The number of amides is 2. The molecule has 246 valence electrons. The fourth-order valence-corrected chi connectivity index (χ4v) is 7.72. The fourth-order valence-electron chi connectivity index (χ4n) is 5.77. The molecule has 0 bridgehead atoms. The third kappa shape index (κ3) is 8.46. The van der Waals surface area contributed by atoms with Crippen LogP contribution in [0.2, 0.25) is 10.0 Å². The minimum Gasteiger partial charge on any atom is -0.497 e. The number of hydrogen-bond donors (Lipinski definition) is 1. The predicted octanol–water partition coefficient (Wildman–Crippen LogP) is 6.90. The Balaban J connectivity index is 1.59. The number of benzene rings is 4. The number of anilines is 1. The van der Waals surface area contributed by atoms with Crippen molar-refractivity contribution in [3.63, 3.8) is 0 Å². The van der Waals surface area contributed by atoms with Crippen molar-refractivity contribution >= 4 is 50.7 Å². The molecule has 0 radical (unpaired) electrons. The van der Waals surface area contributed by atoms with Crippen molar-refractivity contribution in [3.8, 4) is 5.75 Å². The molecular weight excluding hydrogens is 657 g/mol. The van der Waals surface area contributed by atoms with Crippen LogP contribution < -0.4 is 14.4 Å². The summed E-state index contributed by atoms with van der Waals surface area (Å²) in [6.45, 7) is -0.706. The van der Waals surface area contributed by atoms with Gasteiger partial charge in [0.05, 0.1) is 17.7 Å². The summed E-state index contributed by atoms with van der Waals surface area (Å²) >= 11 is 13.2. The molecule has 1 aliphatic rings. The number of carbonyl (C=O) groups is 2. The maximum atomic E-state index is 14.7. The van der Waals surface area contributed by atoms with Gasteiger partial charge in [-0.25, -0.2) is 8.42 Å². The molecule has 11 heteroatoms. The van der Waals surface area contributed by atoms with Gasteiger partial charge in [-0.15, -0.1) is 0 Å². The van der Waals surface area contributed by atoms with Crippen LogP contribution in [-0.2, 0) is 32.6 Å². The largest absolute Gasteiger partial charge is 0.497 e. The maximum absolute atomic E-state index is 14.7. The van der Waals surface area contributed by atoms with Gasteiger partial charge in [-0.05, 0) is 66.9 Å². The molecule has 1 atom stereocenters. The molecule has 47 heavy (non-hydrogen) atoms. The van der Waals surface area contributed by atoms with Crippen molar-refractivity contribution < 1.29 is 22.7 Å². The van der Waals surface area contributed by atoms with Gasteiger partial charge in [-0.1, -0.05) is 90.6 Å². The minimum atomic E-state index is -4.22. The summed E-state index contributed by atoms with van der Waals surface area (Å²) in [5, 5.41) is 3.81. The van der Waals surface area contributed by atoms with Crippen LogP contribution in [0, 0.1) is 0 Å². The molecular formula is C36H37Cl2N3O5S. The normalized spacial score (nSPS) is 13.9. The van der Waals surface area contributed by atoms with Gasteiger partial charge in [0.2, 0.25) is 11.8 Å². The van der Waals surface area contributed by atoms with Crippen LogP contribution in [0.5, 0.6) is 5.75 Å². The standard InChI is InChI=1S/C36H37Cl2N3O5S/c1-46-29-21-19-28(20-22-29)41(47(44,45)30-15-6-3-7-16-30)25-35(42)40(24-31-32(37)17-10-18-33(31)38)34(23-26-11-4-2-5-12-26)36(43)39-27-13-8-9-14-27/h2-7,10-12,15-22,27,34H,8-9,13-14,23-25H2,1H3,(H,39,43)/t34-/m0/s1. The van der Waals surface area contributed by atoms with E-state index in [0.717, 1.165) is 35.6 Å². The summed E-state index contributed by atoms with van der Waals surface area (Å²) in [6, 6.07) is 27.8. The average molecular weight is 695 g/mol. The van der Waals surface area contributed by atoms with E-state index < -0.39 is 28.5 Å². The van der Waals surface area contributed by atoms with Crippen LogP contribution >= 0.6 is 23.2 Å². The topological polar surface area (TPSA) is 96.0 Å². The summed E-state index contributed by atoms with van der Waals surface area (Å²) in [6.07, 6.45) is 3.94. The van der Waals surface area contributed by atoms with Crippen molar-refractivity contribution in [1.29, 1.82) is 0 Å². The van der Waals surface area contributed by atoms with Crippen LogP contribution in [-0.4, -0.2) is 50.9 Å². The number of ether oxygens (including phenoxy) is 1. The molecule has 0 heterocycles. The van der Waals surface area contributed by atoms with Crippen molar-refractivity contribution in [2.45, 2.75) is 55.6 Å². The van der Waals surface area contributed by atoms with Gasteiger partial charge < -0.3 is 15.0 Å². The Morgan fingerprint density at radius 1 is 0.851 bits per heavy atom. The summed E-state index contributed by atoms with van der Waals surface area (Å²) in [4.78, 5) is 30.2. The molecule has 1 aliphatic carbocycles. The third-order valence-electron chi connectivity index (χ3n) is 8.33. The van der Waals surface area contributed by atoms with Crippen molar-refractivity contribution in [3.05, 3.63) is 124 Å². The van der Waals surface area contributed by atoms with Gasteiger partial charge in [0, 0.05) is 34.6 Å². The first-order chi connectivity index (χ1) is 22.7. The average Bonchev–Trinajstić information content (AvgIpc) is 3.60. The van der Waals surface area contributed by atoms with Crippen LogP contribution in [0.25, 0.3) is 0 Å². The highest BCUT2D eigenvalue weighted by molar-refractivity contribution is 7.92. The quantitative estimate of drug-likeness (QED) is 0.164. The number of rotatable bonds is 13. The predicted molar refractivity (Wildman–Crippen MR) is 185 cm³/mol. The lowest BCUT2D eigenvalue weighted by molar-refractivity contribution is -0.140. The van der Waals surface area contributed by atoms with Gasteiger partial charge in [0.1, 0.15) is 18.3 Å². The van der Waals surface area contributed by atoms with Crippen molar-refractivity contribution in [2.24, 2.45) is 0 Å². The first-order valence-electron chi connectivity index (χ1n) is 15.5. The summed E-state index contributed by atoms with van der Waals surface area (Å²) in [7, 11) is -2.71. The molecule has 8 nitrogen and oxygen atoms in total. The highest BCUT2D eigenvalue weighted by Gasteiger charge is 2.36. The number of halogens is 2. The Labute approximate surface area is 286 Å². The molecule has 0 saturated heterocycles. The molecule has 4 aromatic carbocycles. The van der Waals surface area contributed by atoms with Gasteiger partial charge in [-0.2, -0.15) is 0 Å². The van der Waals surface area contributed by atoms with Crippen LogP contribution in [0.15, 0.2) is 108 Å².